The van der Waals surface area contributed by atoms with Gasteiger partial charge in [-0.3, -0.25) is 9.59 Å². The van der Waals surface area contributed by atoms with E-state index in [1.54, 1.807) is 36.4 Å². The number of nitrogens with one attached hydrogen (secondary N) is 2. The van der Waals surface area contributed by atoms with Crippen molar-refractivity contribution in [2.75, 3.05) is 24.4 Å². The van der Waals surface area contributed by atoms with Crippen LogP contribution in [0.2, 0.25) is 5.02 Å². The Kier molecular flexibility index (Phi) is 6.87. The third-order valence-electron chi connectivity index (χ3n) is 4.58. The molecule has 3 rings (SSSR count). The molecule has 0 aliphatic carbocycles. The molecule has 2 amide bonds. The highest BCUT2D eigenvalue weighted by Gasteiger charge is 2.16. The summed E-state index contributed by atoms with van der Waals surface area (Å²) in [6, 6.07) is 14.3. The van der Waals surface area contributed by atoms with Crippen molar-refractivity contribution in [1.82, 2.24) is 9.78 Å². The van der Waals surface area contributed by atoms with E-state index in [2.05, 4.69) is 15.7 Å². The average molecular weight is 427 g/mol. The summed E-state index contributed by atoms with van der Waals surface area (Å²) >= 11 is 5.96. The lowest BCUT2D eigenvalue weighted by Crippen LogP contribution is -2.17. The van der Waals surface area contributed by atoms with E-state index in [-0.39, 0.29) is 24.8 Å². The number of aromatic nitrogens is 2. The number of rotatable bonds is 7. The Morgan fingerprint density at radius 2 is 1.53 bits per heavy atom. The number of carbonyl (C=O) groups is 2. The summed E-state index contributed by atoms with van der Waals surface area (Å²) in [7, 11) is 1.46. The summed E-state index contributed by atoms with van der Waals surface area (Å²) in [5.74, 6) is -0.383. The number of nitrogens with zero attached hydrogens (tertiary/aromatic N) is 2. The number of halogens is 1. The van der Waals surface area contributed by atoms with Crippen LogP contribution in [0, 0.1) is 13.8 Å². The van der Waals surface area contributed by atoms with Gasteiger partial charge in [-0.05, 0) is 62.4 Å². The molecule has 7 nitrogen and oxygen atoms in total. The van der Waals surface area contributed by atoms with Gasteiger partial charge in [-0.25, -0.2) is 4.68 Å². The van der Waals surface area contributed by atoms with Gasteiger partial charge in [0.25, 0.3) is 0 Å². The standard InChI is InChI=1S/C22H23ClN4O3/c1-14-20(15(2)27(26-14)19-10-4-16(23)5-11-19)12-21(28)24-17-6-8-18(9-7-17)25-22(29)13-30-3/h4-11H,12-13H2,1-3H3,(H,24,28)(H,25,29). The van der Waals surface area contributed by atoms with Crippen LogP contribution in [0.25, 0.3) is 5.69 Å². The van der Waals surface area contributed by atoms with E-state index in [9.17, 15) is 9.59 Å². The van der Waals surface area contributed by atoms with E-state index >= 15 is 0 Å². The van der Waals surface area contributed by atoms with E-state index in [4.69, 9.17) is 16.3 Å². The Bertz CT molecular complexity index is 1040. The number of methoxy groups -OCH3 is 1. The predicted octanol–water partition coefficient (Wildman–Crippen LogP) is 3.91. The maximum absolute atomic E-state index is 12.6. The molecule has 0 fully saturated rings. The number of hydrogen-bond acceptors (Lipinski definition) is 4. The molecular formula is C22H23ClN4O3. The molecule has 0 aliphatic heterocycles. The molecule has 30 heavy (non-hydrogen) atoms. The summed E-state index contributed by atoms with van der Waals surface area (Å²) in [5.41, 5.74) is 4.75. The first-order chi connectivity index (χ1) is 14.4. The second kappa shape index (κ2) is 9.56. The molecule has 8 heteroatoms. The Morgan fingerprint density at radius 3 is 2.10 bits per heavy atom. The van der Waals surface area contributed by atoms with Gasteiger partial charge in [0.1, 0.15) is 6.61 Å². The van der Waals surface area contributed by atoms with Gasteiger partial charge in [0.15, 0.2) is 0 Å². The molecule has 0 atom stereocenters. The summed E-state index contributed by atoms with van der Waals surface area (Å²) < 4.78 is 6.59. The third-order valence-corrected chi connectivity index (χ3v) is 4.83. The van der Waals surface area contributed by atoms with Crippen molar-refractivity contribution in [3.05, 3.63) is 70.5 Å². The quantitative estimate of drug-likeness (QED) is 0.599. The highest BCUT2D eigenvalue weighted by atomic mass is 35.5. The van der Waals surface area contributed by atoms with Crippen molar-refractivity contribution in [3.63, 3.8) is 0 Å². The number of benzene rings is 2. The molecule has 1 heterocycles. The van der Waals surface area contributed by atoms with Crippen molar-refractivity contribution in [2.24, 2.45) is 0 Å². The van der Waals surface area contributed by atoms with Gasteiger partial charge >= 0.3 is 0 Å². The lowest BCUT2D eigenvalue weighted by atomic mass is 10.1. The number of amides is 2. The zero-order valence-electron chi connectivity index (χ0n) is 17.0. The maximum atomic E-state index is 12.6. The van der Waals surface area contributed by atoms with Crippen molar-refractivity contribution in [2.45, 2.75) is 20.3 Å². The van der Waals surface area contributed by atoms with Crippen LogP contribution >= 0.6 is 11.6 Å². The van der Waals surface area contributed by atoms with E-state index in [0.717, 1.165) is 22.6 Å². The van der Waals surface area contributed by atoms with Gasteiger partial charge in [0.2, 0.25) is 11.8 Å². The minimum Gasteiger partial charge on any atom is -0.375 e. The normalized spacial score (nSPS) is 10.7. The fraction of sp³-hybridized carbons (Fsp3) is 0.227. The van der Waals surface area contributed by atoms with E-state index < -0.39 is 0 Å². The number of ether oxygens (including phenoxy) is 1. The molecule has 0 unspecified atom stereocenters. The minimum absolute atomic E-state index is 0.0130. The average Bonchev–Trinajstić information content (AvgIpc) is 2.98. The molecule has 0 saturated carbocycles. The molecule has 156 valence electrons. The molecular weight excluding hydrogens is 404 g/mol. The highest BCUT2D eigenvalue weighted by molar-refractivity contribution is 6.30. The van der Waals surface area contributed by atoms with Crippen LogP contribution in [0.5, 0.6) is 0 Å². The molecule has 2 N–H and O–H groups in total. The summed E-state index contributed by atoms with van der Waals surface area (Å²) in [5, 5.41) is 10.8. The van der Waals surface area contributed by atoms with Crippen molar-refractivity contribution >= 4 is 34.8 Å². The molecule has 0 radical (unpaired) electrons. The molecule has 1 aromatic heterocycles. The molecule has 3 aromatic rings. The second-order valence-corrected chi connectivity index (χ2v) is 7.26. The lowest BCUT2D eigenvalue weighted by molar-refractivity contribution is -0.119. The molecule has 0 spiro atoms. The van der Waals surface area contributed by atoms with E-state index in [1.165, 1.54) is 7.11 Å². The van der Waals surface area contributed by atoms with Gasteiger partial charge in [-0.1, -0.05) is 11.6 Å². The Labute approximate surface area is 180 Å². The first-order valence-electron chi connectivity index (χ1n) is 9.37. The molecule has 0 bridgehead atoms. The van der Waals surface area contributed by atoms with Crippen LogP contribution in [0.1, 0.15) is 17.0 Å². The number of carbonyl (C=O) groups excluding carboxylic acids is 2. The van der Waals surface area contributed by atoms with E-state index in [0.29, 0.717) is 16.4 Å². The summed E-state index contributed by atoms with van der Waals surface area (Å²) in [4.78, 5) is 24.1. The predicted molar refractivity (Wildman–Crippen MR) is 117 cm³/mol. The van der Waals surface area contributed by atoms with Gasteiger partial charge < -0.3 is 15.4 Å². The number of hydrogen-bond donors (Lipinski definition) is 2. The Hall–Kier alpha value is -3.16. The highest BCUT2D eigenvalue weighted by Crippen LogP contribution is 2.21. The van der Waals surface area contributed by atoms with Crippen molar-refractivity contribution < 1.29 is 14.3 Å². The third kappa shape index (κ3) is 5.25. The number of aryl methyl sites for hydroxylation is 1. The van der Waals surface area contributed by atoms with Crippen LogP contribution in [0.15, 0.2) is 48.5 Å². The van der Waals surface area contributed by atoms with E-state index in [1.807, 2.05) is 30.7 Å². The van der Waals surface area contributed by atoms with Crippen LogP contribution in [-0.4, -0.2) is 35.3 Å². The Morgan fingerprint density at radius 1 is 0.967 bits per heavy atom. The van der Waals surface area contributed by atoms with Crippen molar-refractivity contribution in [1.29, 1.82) is 0 Å². The fourth-order valence-corrected chi connectivity index (χ4v) is 3.22. The van der Waals surface area contributed by atoms with Crippen LogP contribution in [0.4, 0.5) is 11.4 Å². The molecule has 0 aliphatic rings. The lowest BCUT2D eigenvalue weighted by Gasteiger charge is -2.09. The second-order valence-electron chi connectivity index (χ2n) is 6.82. The van der Waals surface area contributed by atoms with Crippen LogP contribution in [0.3, 0.4) is 0 Å². The largest absolute Gasteiger partial charge is 0.375 e. The van der Waals surface area contributed by atoms with Crippen molar-refractivity contribution in [3.8, 4) is 5.69 Å². The summed E-state index contributed by atoms with van der Waals surface area (Å²) in [6.45, 7) is 3.81. The van der Waals surface area contributed by atoms with Crippen LogP contribution in [-0.2, 0) is 20.7 Å². The topological polar surface area (TPSA) is 85.2 Å². The van der Waals surface area contributed by atoms with Gasteiger partial charge in [-0.15, -0.1) is 0 Å². The SMILES string of the molecule is COCC(=O)Nc1ccc(NC(=O)Cc2c(C)nn(-c3ccc(Cl)cc3)c2C)cc1. The summed E-state index contributed by atoms with van der Waals surface area (Å²) in [6.07, 6.45) is 0.206. The number of anilines is 2. The van der Waals surface area contributed by atoms with Gasteiger partial charge in [0.05, 0.1) is 17.8 Å². The smallest absolute Gasteiger partial charge is 0.250 e. The van der Waals surface area contributed by atoms with Gasteiger partial charge in [-0.2, -0.15) is 5.10 Å². The zero-order chi connectivity index (χ0) is 21.7. The fourth-order valence-electron chi connectivity index (χ4n) is 3.10. The Balaban J connectivity index is 1.66. The maximum Gasteiger partial charge on any atom is 0.250 e. The minimum atomic E-state index is -0.238. The first-order valence-corrected chi connectivity index (χ1v) is 9.75. The van der Waals surface area contributed by atoms with Crippen LogP contribution < -0.4 is 10.6 Å². The monoisotopic (exact) mass is 426 g/mol. The molecule has 0 saturated heterocycles. The molecule has 2 aromatic carbocycles. The zero-order valence-corrected chi connectivity index (χ0v) is 17.8. The first kappa shape index (κ1) is 21.5. The van der Waals surface area contributed by atoms with Gasteiger partial charge in [0, 0.05) is 34.8 Å².